The van der Waals surface area contributed by atoms with Crippen LogP contribution in [0, 0.1) is 0 Å². The zero-order valence-electron chi connectivity index (χ0n) is 11.1. The number of benzene rings is 1. The van der Waals surface area contributed by atoms with Crippen molar-refractivity contribution < 1.29 is 4.74 Å². The van der Waals surface area contributed by atoms with Gasteiger partial charge in [0.15, 0.2) is 0 Å². The fraction of sp³-hybridized carbons (Fsp3) is 0.500. The van der Waals surface area contributed by atoms with Gasteiger partial charge in [-0.15, -0.1) is 0 Å². The molecule has 0 saturated heterocycles. The van der Waals surface area contributed by atoms with Gasteiger partial charge in [0.25, 0.3) is 0 Å². The van der Waals surface area contributed by atoms with Gasteiger partial charge in [-0.2, -0.15) is 0 Å². The van der Waals surface area contributed by atoms with Crippen LogP contribution < -0.4 is 5.73 Å². The van der Waals surface area contributed by atoms with Crippen LogP contribution in [0.1, 0.15) is 24.7 Å². The number of hydrogen-bond acceptors (Lipinski definition) is 3. The molecule has 1 aromatic carbocycles. The van der Waals surface area contributed by atoms with Gasteiger partial charge in [0, 0.05) is 33.2 Å². The van der Waals surface area contributed by atoms with Gasteiger partial charge in [-0.1, -0.05) is 12.1 Å². The van der Waals surface area contributed by atoms with E-state index in [9.17, 15) is 0 Å². The number of hydrogen-bond donors (Lipinski definition) is 1. The Kier molecular flexibility index (Phi) is 4.33. The molecule has 0 aliphatic carbocycles. The number of fused-ring (bicyclic) bond motifs is 1. The molecule has 0 atom stereocenters. The molecule has 2 rings (SSSR count). The Morgan fingerprint density at radius 2 is 2.22 bits per heavy atom. The van der Waals surface area contributed by atoms with Gasteiger partial charge >= 0.3 is 0 Å². The van der Waals surface area contributed by atoms with Gasteiger partial charge in [-0.3, -0.25) is 0 Å². The highest BCUT2D eigenvalue weighted by molar-refractivity contribution is 5.79. The Morgan fingerprint density at radius 3 is 2.94 bits per heavy atom. The Bertz CT molecular complexity index is 519. The van der Waals surface area contributed by atoms with Crippen LogP contribution in [0.4, 0.5) is 0 Å². The SMILES string of the molecule is CCOCCCc1nc2c(CN)cccc2n1C. The Hall–Kier alpha value is -1.39. The van der Waals surface area contributed by atoms with Crippen molar-refractivity contribution in [1.29, 1.82) is 0 Å². The van der Waals surface area contributed by atoms with E-state index in [1.54, 1.807) is 0 Å². The third-order valence-electron chi connectivity index (χ3n) is 3.20. The lowest BCUT2D eigenvalue weighted by Gasteiger charge is -2.02. The first-order chi connectivity index (χ1) is 8.77. The fourth-order valence-corrected chi connectivity index (χ4v) is 2.19. The van der Waals surface area contributed by atoms with Crippen LogP contribution >= 0.6 is 0 Å². The quantitative estimate of drug-likeness (QED) is 0.794. The fourth-order valence-electron chi connectivity index (χ4n) is 2.19. The molecular weight excluding hydrogens is 226 g/mol. The van der Waals surface area contributed by atoms with Crippen LogP contribution in [0.15, 0.2) is 18.2 Å². The molecule has 4 heteroatoms. The second-order valence-electron chi connectivity index (χ2n) is 4.38. The van der Waals surface area contributed by atoms with E-state index < -0.39 is 0 Å². The first-order valence-corrected chi connectivity index (χ1v) is 6.49. The van der Waals surface area contributed by atoms with Crippen molar-refractivity contribution in [1.82, 2.24) is 9.55 Å². The lowest BCUT2D eigenvalue weighted by atomic mass is 10.2. The summed E-state index contributed by atoms with van der Waals surface area (Å²) in [4.78, 5) is 4.71. The Labute approximate surface area is 108 Å². The van der Waals surface area contributed by atoms with Crippen molar-refractivity contribution in [3.05, 3.63) is 29.6 Å². The average Bonchev–Trinajstić information content (AvgIpc) is 2.72. The van der Waals surface area contributed by atoms with Gasteiger partial charge in [-0.05, 0) is 25.0 Å². The maximum absolute atomic E-state index is 5.75. The second kappa shape index (κ2) is 5.98. The molecule has 18 heavy (non-hydrogen) atoms. The highest BCUT2D eigenvalue weighted by Crippen LogP contribution is 2.19. The number of aromatic nitrogens is 2. The molecule has 0 fully saturated rings. The van der Waals surface area contributed by atoms with Crippen molar-refractivity contribution in [3.8, 4) is 0 Å². The summed E-state index contributed by atoms with van der Waals surface area (Å²) in [6, 6.07) is 6.17. The maximum Gasteiger partial charge on any atom is 0.109 e. The summed E-state index contributed by atoms with van der Waals surface area (Å²) < 4.78 is 7.51. The minimum atomic E-state index is 0.534. The number of aryl methyl sites for hydroxylation is 2. The normalized spacial score (nSPS) is 11.3. The van der Waals surface area contributed by atoms with Crippen LogP contribution in [-0.4, -0.2) is 22.8 Å². The van der Waals surface area contributed by atoms with Gasteiger partial charge in [0.05, 0.1) is 11.0 Å². The summed E-state index contributed by atoms with van der Waals surface area (Å²) in [6.07, 6.45) is 1.94. The summed E-state index contributed by atoms with van der Waals surface area (Å²) in [5.74, 6) is 1.10. The lowest BCUT2D eigenvalue weighted by Crippen LogP contribution is -2.01. The molecule has 0 amide bonds. The molecule has 0 aliphatic rings. The van der Waals surface area contributed by atoms with Crippen LogP contribution in [0.25, 0.3) is 11.0 Å². The van der Waals surface area contributed by atoms with Gasteiger partial charge in [-0.25, -0.2) is 4.98 Å². The summed E-state index contributed by atoms with van der Waals surface area (Å²) in [5.41, 5.74) is 9.05. The molecule has 1 heterocycles. The first kappa shape index (κ1) is 13.1. The molecule has 2 N–H and O–H groups in total. The van der Waals surface area contributed by atoms with Crippen LogP contribution in [0.3, 0.4) is 0 Å². The van der Waals surface area contributed by atoms with E-state index in [1.807, 2.05) is 19.1 Å². The molecule has 0 saturated carbocycles. The van der Waals surface area contributed by atoms with Crippen molar-refractivity contribution in [2.45, 2.75) is 26.3 Å². The third-order valence-corrected chi connectivity index (χ3v) is 3.20. The molecule has 0 unspecified atom stereocenters. The third kappa shape index (κ3) is 2.54. The molecule has 0 aliphatic heterocycles. The van der Waals surface area contributed by atoms with E-state index >= 15 is 0 Å². The predicted octanol–water partition coefficient (Wildman–Crippen LogP) is 2.00. The van der Waals surface area contributed by atoms with E-state index in [0.29, 0.717) is 6.54 Å². The zero-order chi connectivity index (χ0) is 13.0. The molecule has 0 bridgehead atoms. The summed E-state index contributed by atoms with van der Waals surface area (Å²) in [5, 5.41) is 0. The van der Waals surface area contributed by atoms with Gasteiger partial charge in [0.2, 0.25) is 0 Å². The average molecular weight is 247 g/mol. The summed E-state index contributed by atoms with van der Waals surface area (Å²) in [6.45, 7) is 4.12. The van der Waals surface area contributed by atoms with Crippen molar-refractivity contribution >= 4 is 11.0 Å². The molecule has 4 nitrogen and oxygen atoms in total. The zero-order valence-corrected chi connectivity index (χ0v) is 11.1. The number of imidazole rings is 1. The van der Waals surface area contributed by atoms with E-state index in [-0.39, 0.29) is 0 Å². The van der Waals surface area contributed by atoms with E-state index in [0.717, 1.165) is 48.5 Å². The monoisotopic (exact) mass is 247 g/mol. The van der Waals surface area contributed by atoms with Crippen molar-refractivity contribution in [2.24, 2.45) is 12.8 Å². The number of nitrogens with zero attached hydrogens (tertiary/aromatic N) is 2. The number of ether oxygens (including phenoxy) is 1. The predicted molar refractivity (Wildman–Crippen MR) is 73.4 cm³/mol. The van der Waals surface area contributed by atoms with Gasteiger partial charge in [0.1, 0.15) is 5.82 Å². The molecule has 0 radical (unpaired) electrons. The number of para-hydroxylation sites is 1. The minimum absolute atomic E-state index is 0.534. The largest absolute Gasteiger partial charge is 0.382 e. The van der Waals surface area contributed by atoms with Crippen molar-refractivity contribution in [2.75, 3.05) is 13.2 Å². The summed E-state index contributed by atoms with van der Waals surface area (Å²) in [7, 11) is 2.06. The minimum Gasteiger partial charge on any atom is -0.382 e. The standard InChI is InChI=1S/C14H21N3O/c1-3-18-9-5-8-13-16-14-11(10-15)6-4-7-12(14)17(13)2/h4,6-7H,3,5,8-10,15H2,1-2H3. The molecule has 0 spiro atoms. The second-order valence-corrected chi connectivity index (χ2v) is 4.38. The van der Waals surface area contributed by atoms with Crippen LogP contribution in [0.2, 0.25) is 0 Å². The highest BCUT2D eigenvalue weighted by atomic mass is 16.5. The maximum atomic E-state index is 5.75. The summed E-state index contributed by atoms with van der Waals surface area (Å²) >= 11 is 0. The molecule has 1 aromatic heterocycles. The van der Waals surface area contributed by atoms with E-state index in [4.69, 9.17) is 15.5 Å². The van der Waals surface area contributed by atoms with E-state index in [2.05, 4.69) is 17.7 Å². The number of nitrogens with two attached hydrogens (primary N) is 1. The lowest BCUT2D eigenvalue weighted by molar-refractivity contribution is 0.144. The van der Waals surface area contributed by atoms with E-state index in [1.165, 1.54) is 0 Å². The molecular formula is C14H21N3O. The van der Waals surface area contributed by atoms with Crippen LogP contribution in [-0.2, 0) is 24.8 Å². The topological polar surface area (TPSA) is 53.1 Å². The van der Waals surface area contributed by atoms with Gasteiger partial charge < -0.3 is 15.0 Å². The molecule has 98 valence electrons. The Morgan fingerprint density at radius 1 is 1.39 bits per heavy atom. The number of rotatable bonds is 6. The smallest absolute Gasteiger partial charge is 0.109 e. The van der Waals surface area contributed by atoms with Crippen molar-refractivity contribution in [3.63, 3.8) is 0 Å². The molecule has 2 aromatic rings. The van der Waals surface area contributed by atoms with Crippen LogP contribution in [0.5, 0.6) is 0 Å². The first-order valence-electron chi connectivity index (χ1n) is 6.49. The Balaban J connectivity index is 2.21. The highest BCUT2D eigenvalue weighted by Gasteiger charge is 2.09.